The van der Waals surface area contributed by atoms with Gasteiger partial charge in [-0.15, -0.1) is 11.8 Å². The smallest absolute Gasteiger partial charge is 0.331 e. The van der Waals surface area contributed by atoms with Crippen LogP contribution >= 0.6 is 11.8 Å². The van der Waals surface area contributed by atoms with Gasteiger partial charge in [0.2, 0.25) is 0 Å². The molecule has 0 heterocycles. The van der Waals surface area contributed by atoms with Gasteiger partial charge in [0.05, 0.1) is 14.2 Å². The van der Waals surface area contributed by atoms with Crippen LogP contribution in [0.5, 0.6) is 11.5 Å². The van der Waals surface area contributed by atoms with Crippen LogP contribution in [0.15, 0.2) is 53.4 Å². The normalized spacial score (nSPS) is 10.5. The third-order valence-electron chi connectivity index (χ3n) is 3.54. The molecule has 6 nitrogen and oxygen atoms in total. The second kappa shape index (κ2) is 10.3. The number of methoxy groups -OCH3 is 2. The van der Waals surface area contributed by atoms with Gasteiger partial charge >= 0.3 is 5.97 Å². The first kappa shape index (κ1) is 20.4. The number of nitrogens with one attached hydrogen (secondary N) is 1. The van der Waals surface area contributed by atoms with Crippen molar-refractivity contribution in [2.24, 2.45) is 0 Å². The monoisotopic (exact) mass is 387 g/mol. The summed E-state index contributed by atoms with van der Waals surface area (Å²) >= 11 is 1.64. The molecule has 27 heavy (non-hydrogen) atoms. The molecule has 0 atom stereocenters. The van der Waals surface area contributed by atoms with Gasteiger partial charge in [0.25, 0.3) is 5.91 Å². The van der Waals surface area contributed by atoms with Gasteiger partial charge in [-0.05, 0) is 42.2 Å². The van der Waals surface area contributed by atoms with Gasteiger partial charge in [0, 0.05) is 22.7 Å². The highest BCUT2D eigenvalue weighted by atomic mass is 32.2. The highest BCUT2D eigenvalue weighted by Crippen LogP contribution is 2.29. The van der Waals surface area contributed by atoms with Gasteiger partial charge in [0.15, 0.2) is 18.1 Å². The van der Waals surface area contributed by atoms with Crippen LogP contribution in [0.25, 0.3) is 6.08 Å². The molecule has 2 aromatic rings. The number of carbonyl (C=O) groups is 2. The summed E-state index contributed by atoms with van der Waals surface area (Å²) < 4.78 is 15.3. The van der Waals surface area contributed by atoms with Gasteiger partial charge in [-0.1, -0.05) is 12.1 Å². The van der Waals surface area contributed by atoms with Crippen molar-refractivity contribution < 1.29 is 23.8 Å². The van der Waals surface area contributed by atoms with Crippen molar-refractivity contribution in [1.82, 2.24) is 0 Å². The Labute approximate surface area is 162 Å². The Bertz CT molecular complexity index is 818. The van der Waals surface area contributed by atoms with Gasteiger partial charge in [-0.25, -0.2) is 4.79 Å². The maximum Gasteiger partial charge on any atom is 0.331 e. The quantitative estimate of drug-likeness (QED) is 0.424. The molecule has 0 aliphatic carbocycles. The van der Waals surface area contributed by atoms with E-state index in [1.165, 1.54) is 20.3 Å². The van der Waals surface area contributed by atoms with E-state index in [4.69, 9.17) is 14.2 Å². The summed E-state index contributed by atoms with van der Waals surface area (Å²) in [7, 11) is 3.03. The lowest BCUT2D eigenvalue weighted by Gasteiger charge is -2.10. The van der Waals surface area contributed by atoms with Gasteiger partial charge in [-0.3, -0.25) is 4.79 Å². The zero-order valence-corrected chi connectivity index (χ0v) is 16.2. The summed E-state index contributed by atoms with van der Waals surface area (Å²) in [6.07, 6.45) is 4.92. The topological polar surface area (TPSA) is 73.9 Å². The molecule has 0 bridgehead atoms. The van der Waals surface area contributed by atoms with Crippen molar-refractivity contribution in [1.29, 1.82) is 0 Å². The number of thioether (sulfide) groups is 1. The minimum Gasteiger partial charge on any atom is -0.493 e. The van der Waals surface area contributed by atoms with Crippen LogP contribution in [0.1, 0.15) is 5.56 Å². The van der Waals surface area contributed by atoms with Gasteiger partial charge < -0.3 is 19.5 Å². The molecule has 1 N–H and O–H groups in total. The zero-order chi connectivity index (χ0) is 19.6. The van der Waals surface area contributed by atoms with Crippen molar-refractivity contribution in [3.8, 4) is 11.5 Å². The largest absolute Gasteiger partial charge is 0.493 e. The van der Waals surface area contributed by atoms with E-state index in [1.807, 2.05) is 30.5 Å². The molecule has 0 aromatic heterocycles. The predicted molar refractivity (Wildman–Crippen MR) is 106 cm³/mol. The molecule has 0 saturated heterocycles. The molecule has 0 aliphatic rings. The minimum absolute atomic E-state index is 0.386. The Balaban J connectivity index is 1.83. The first-order chi connectivity index (χ1) is 13.0. The molecule has 0 saturated carbocycles. The lowest BCUT2D eigenvalue weighted by Crippen LogP contribution is -2.20. The Morgan fingerprint density at radius 2 is 1.74 bits per heavy atom. The van der Waals surface area contributed by atoms with Crippen molar-refractivity contribution in [2.75, 3.05) is 32.4 Å². The predicted octanol–water partition coefficient (Wildman–Crippen LogP) is 3.62. The van der Waals surface area contributed by atoms with Crippen LogP contribution in [0, 0.1) is 0 Å². The third kappa shape index (κ3) is 6.38. The molecule has 7 heteroatoms. The Morgan fingerprint density at radius 3 is 2.37 bits per heavy atom. The Kier molecular flexibility index (Phi) is 7.76. The zero-order valence-electron chi connectivity index (χ0n) is 15.4. The molecule has 2 rings (SSSR count). The van der Waals surface area contributed by atoms with Crippen LogP contribution in [0.3, 0.4) is 0 Å². The van der Waals surface area contributed by atoms with E-state index in [-0.39, 0.29) is 6.61 Å². The van der Waals surface area contributed by atoms with E-state index in [0.717, 1.165) is 10.5 Å². The summed E-state index contributed by atoms with van der Waals surface area (Å²) in [5, 5.41) is 2.63. The van der Waals surface area contributed by atoms with Crippen LogP contribution in [0.2, 0.25) is 0 Å². The first-order valence-electron chi connectivity index (χ1n) is 8.06. The van der Waals surface area contributed by atoms with Crippen LogP contribution in [0.4, 0.5) is 5.69 Å². The van der Waals surface area contributed by atoms with Crippen molar-refractivity contribution in [3.05, 3.63) is 54.1 Å². The fourth-order valence-corrected chi connectivity index (χ4v) is 2.58. The molecule has 0 spiro atoms. The van der Waals surface area contributed by atoms with Crippen molar-refractivity contribution >= 4 is 35.4 Å². The number of anilines is 1. The van der Waals surface area contributed by atoms with Crippen molar-refractivity contribution in [3.63, 3.8) is 0 Å². The van der Waals surface area contributed by atoms with Crippen molar-refractivity contribution in [2.45, 2.75) is 4.90 Å². The van der Waals surface area contributed by atoms with E-state index in [9.17, 15) is 9.59 Å². The fourth-order valence-electron chi connectivity index (χ4n) is 2.18. The van der Waals surface area contributed by atoms with Gasteiger partial charge in [0.1, 0.15) is 0 Å². The summed E-state index contributed by atoms with van der Waals surface area (Å²) in [6, 6.07) is 12.7. The molecule has 142 valence electrons. The number of hydrogen-bond donors (Lipinski definition) is 1. The number of rotatable bonds is 8. The van der Waals surface area contributed by atoms with Crippen LogP contribution in [-0.4, -0.2) is 39.0 Å². The average Bonchev–Trinajstić information content (AvgIpc) is 2.70. The second-order valence-corrected chi connectivity index (χ2v) is 6.21. The first-order valence-corrected chi connectivity index (χ1v) is 9.29. The average molecular weight is 387 g/mol. The highest BCUT2D eigenvalue weighted by molar-refractivity contribution is 7.98. The standard InChI is InChI=1S/C20H21NO5S/c1-24-17-10-7-15(12-18(17)25-2)21-19(22)13-26-20(23)11-6-14-4-8-16(27-3)9-5-14/h4-12H,13H2,1-3H3,(H,21,22)/b11-6+. The van der Waals surface area contributed by atoms with Gasteiger partial charge in [-0.2, -0.15) is 0 Å². The lowest BCUT2D eigenvalue weighted by molar-refractivity contribution is -0.142. The maximum absolute atomic E-state index is 11.9. The summed E-state index contributed by atoms with van der Waals surface area (Å²) in [4.78, 5) is 24.8. The summed E-state index contributed by atoms with van der Waals surface area (Å²) in [5.74, 6) is 0.0000414. The number of carbonyl (C=O) groups excluding carboxylic acids is 2. The molecule has 0 unspecified atom stereocenters. The minimum atomic E-state index is -0.591. The van der Waals surface area contributed by atoms with E-state index >= 15 is 0 Å². The maximum atomic E-state index is 11.9. The highest BCUT2D eigenvalue weighted by Gasteiger charge is 2.09. The molecular weight excluding hydrogens is 366 g/mol. The molecule has 0 radical (unpaired) electrons. The van der Waals surface area contributed by atoms with E-state index in [1.54, 1.807) is 36.0 Å². The summed E-state index contributed by atoms with van der Waals surface area (Å²) in [5.41, 5.74) is 1.39. The molecule has 0 aliphatic heterocycles. The molecular formula is C20H21NO5S. The Hall–Kier alpha value is -2.93. The second-order valence-electron chi connectivity index (χ2n) is 5.33. The number of benzene rings is 2. The number of amides is 1. The summed E-state index contributed by atoms with van der Waals surface area (Å²) in [6.45, 7) is -0.386. The van der Waals surface area contributed by atoms with E-state index in [2.05, 4.69) is 5.32 Å². The Morgan fingerprint density at radius 1 is 1.04 bits per heavy atom. The third-order valence-corrected chi connectivity index (χ3v) is 4.28. The lowest BCUT2D eigenvalue weighted by atomic mass is 10.2. The fraction of sp³-hybridized carbons (Fsp3) is 0.200. The van der Waals surface area contributed by atoms with Crippen LogP contribution in [-0.2, 0) is 14.3 Å². The number of esters is 1. The molecule has 2 aromatic carbocycles. The number of hydrogen-bond acceptors (Lipinski definition) is 6. The molecule has 0 fully saturated rings. The van der Waals surface area contributed by atoms with E-state index in [0.29, 0.717) is 17.2 Å². The van der Waals surface area contributed by atoms with Crippen LogP contribution < -0.4 is 14.8 Å². The SMILES string of the molecule is COc1ccc(NC(=O)COC(=O)/C=C/c2ccc(SC)cc2)cc1OC. The molecule has 1 amide bonds. The van der Waals surface area contributed by atoms with E-state index < -0.39 is 11.9 Å². The number of ether oxygens (including phenoxy) is 3.